The largest absolute Gasteiger partial charge is 0.417 e. The first-order valence-corrected chi connectivity index (χ1v) is 10.8. The number of anilines is 1. The first kappa shape index (κ1) is 19.9. The van der Waals surface area contributed by atoms with E-state index < -0.39 is 11.6 Å². The maximum atomic E-state index is 14.2. The minimum absolute atomic E-state index is 0.0160. The average Bonchev–Trinajstić information content (AvgIpc) is 3.33. The molecule has 12 heteroatoms. The number of rotatable bonds is 3. The minimum atomic E-state index is -0.822. The Hall–Kier alpha value is -3.70. The zero-order chi connectivity index (χ0) is 22.9. The molecule has 0 unspecified atom stereocenters. The van der Waals surface area contributed by atoms with Gasteiger partial charge in [0.1, 0.15) is 11.3 Å². The molecule has 10 nitrogen and oxygen atoms in total. The molecule has 0 spiro atoms. The van der Waals surface area contributed by atoms with Crippen LogP contribution in [0.1, 0.15) is 66.8 Å². The van der Waals surface area contributed by atoms with Gasteiger partial charge >= 0.3 is 11.8 Å². The summed E-state index contributed by atoms with van der Waals surface area (Å²) in [5.41, 5.74) is 6.12. The van der Waals surface area contributed by atoms with Crippen molar-refractivity contribution in [2.75, 3.05) is 12.3 Å². The summed E-state index contributed by atoms with van der Waals surface area (Å²) in [6, 6.07) is 1.88. The van der Waals surface area contributed by atoms with E-state index in [1.165, 1.54) is 4.52 Å². The van der Waals surface area contributed by atoms with Crippen molar-refractivity contribution in [2.24, 2.45) is 0 Å². The predicted molar refractivity (Wildman–Crippen MR) is 111 cm³/mol. The average molecular weight is 454 g/mol. The minimum Gasteiger partial charge on any atom is -0.417 e. The second-order valence-electron chi connectivity index (χ2n) is 8.76. The summed E-state index contributed by atoms with van der Waals surface area (Å²) in [4.78, 5) is 23.3. The molecule has 33 heavy (non-hydrogen) atoms. The number of carbonyl (C=O) groups is 1. The Kier molecular flexibility index (Phi) is 4.32. The summed E-state index contributed by atoms with van der Waals surface area (Å²) >= 11 is 0. The summed E-state index contributed by atoms with van der Waals surface area (Å²) in [5.74, 6) is -0.977. The molecule has 0 bridgehead atoms. The van der Waals surface area contributed by atoms with E-state index in [-0.39, 0.29) is 52.2 Å². The Morgan fingerprint density at radius 2 is 1.91 bits per heavy atom. The fourth-order valence-corrected chi connectivity index (χ4v) is 4.39. The van der Waals surface area contributed by atoms with Crippen LogP contribution in [0.2, 0.25) is 0 Å². The van der Waals surface area contributed by atoms with E-state index in [1.54, 1.807) is 4.90 Å². The lowest BCUT2D eigenvalue weighted by atomic mass is 9.93. The molecule has 4 heterocycles. The van der Waals surface area contributed by atoms with Gasteiger partial charge in [0.25, 0.3) is 0 Å². The van der Waals surface area contributed by atoms with Gasteiger partial charge in [-0.05, 0) is 38.7 Å². The number of piperidine rings is 1. The number of benzene rings is 1. The number of carbonyl (C=O) groups excluding carboxylic acids is 1. The van der Waals surface area contributed by atoms with Crippen molar-refractivity contribution in [3.8, 4) is 0 Å². The third kappa shape index (κ3) is 3.28. The molecule has 1 saturated carbocycles. The number of hydrogen-bond acceptors (Lipinski definition) is 8. The second kappa shape index (κ2) is 7.15. The lowest BCUT2D eigenvalue weighted by Gasteiger charge is -2.36. The van der Waals surface area contributed by atoms with Crippen molar-refractivity contribution in [3.05, 3.63) is 41.4 Å². The van der Waals surface area contributed by atoms with E-state index in [1.807, 2.05) is 6.92 Å². The molecular weight excluding hydrogens is 434 g/mol. The van der Waals surface area contributed by atoms with Gasteiger partial charge in [-0.1, -0.05) is 0 Å². The standard InChI is InChI=1S/C21H20F2N8O2/c1-9-2-3-11(8-30(9)20(32)19-28-27-18(33-19)10-4-5-10)16-26-17-13-6-12(22)7-14(23)15(13)25-21(24)31(17)29-16/h6-7,9-11H,2-5,8H2,1H3,(H2,24,25)/t9-,11+/m0/s1. The van der Waals surface area contributed by atoms with Crippen molar-refractivity contribution in [3.63, 3.8) is 0 Å². The molecule has 170 valence electrons. The van der Waals surface area contributed by atoms with Gasteiger partial charge in [0.2, 0.25) is 11.8 Å². The lowest BCUT2D eigenvalue weighted by molar-refractivity contribution is 0.0563. The van der Waals surface area contributed by atoms with Crippen molar-refractivity contribution < 1.29 is 18.0 Å². The second-order valence-corrected chi connectivity index (χ2v) is 8.76. The molecule has 1 saturated heterocycles. The highest BCUT2D eigenvalue weighted by Crippen LogP contribution is 2.39. The Bertz CT molecular complexity index is 1410. The van der Waals surface area contributed by atoms with Gasteiger partial charge in [-0.25, -0.2) is 18.7 Å². The van der Waals surface area contributed by atoms with Crippen molar-refractivity contribution >= 4 is 28.4 Å². The number of hydrogen-bond donors (Lipinski definition) is 1. The maximum Gasteiger partial charge on any atom is 0.311 e. The van der Waals surface area contributed by atoms with Crippen LogP contribution >= 0.6 is 0 Å². The van der Waals surface area contributed by atoms with E-state index in [4.69, 9.17) is 10.2 Å². The van der Waals surface area contributed by atoms with Crippen LogP contribution in [-0.2, 0) is 0 Å². The number of aromatic nitrogens is 6. The Morgan fingerprint density at radius 1 is 1.12 bits per heavy atom. The van der Waals surface area contributed by atoms with Crippen molar-refractivity contribution in [1.82, 2.24) is 34.7 Å². The normalized spacial score (nSPS) is 21.2. The maximum absolute atomic E-state index is 14.2. The predicted octanol–water partition coefficient (Wildman–Crippen LogP) is 2.81. The van der Waals surface area contributed by atoms with Gasteiger partial charge in [0, 0.05) is 30.5 Å². The zero-order valence-corrected chi connectivity index (χ0v) is 17.7. The number of nitrogens with two attached hydrogens (primary N) is 1. The number of nitrogen functional groups attached to an aromatic ring is 1. The first-order chi connectivity index (χ1) is 15.9. The summed E-state index contributed by atoms with van der Waals surface area (Å²) in [6.45, 7) is 2.30. The van der Waals surface area contributed by atoms with Gasteiger partial charge in [-0.2, -0.15) is 4.52 Å². The van der Waals surface area contributed by atoms with Gasteiger partial charge in [-0.15, -0.1) is 15.3 Å². The van der Waals surface area contributed by atoms with E-state index in [0.717, 1.165) is 31.4 Å². The number of likely N-dealkylation sites (tertiary alicyclic amines) is 1. The van der Waals surface area contributed by atoms with Crippen LogP contribution in [-0.4, -0.2) is 53.2 Å². The van der Waals surface area contributed by atoms with Gasteiger partial charge in [-0.3, -0.25) is 4.79 Å². The molecule has 1 amide bonds. The van der Waals surface area contributed by atoms with Crippen LogP contribution in [0, 0.1) is 11.6 Å². The highest BCUT2D eigenvalue weighted by molar-refractivity contribution is 5.92. The third-order valence-corrected chi connectivity index (χ3v) is 6.39. The van der Waals surface area contributed by atoms with Gasteiger partial charge in [0.15, 0.2) is 17.3 Å². The van der Waals surface area contributed by atoms with Crippen LogP contribution in [0.5, 0.6) is 0 Å². The highest BCUT2D eigenvalue weighted by atomic mass is 19.1. The zero-order valence-electron chi connectivity index (χ0n) is 17.7. The SMILES string of the molecule is C[C@H]1CC[C@@H](c2nc3c4cc(F)cc(F)c4nc(N)n3n2)CN1C(=O)c1nnc(C2CC2)o1. The molecule has 2 atom stereocenters. The molecule has 1 aliphatic heterocycles. The highest BCUT2D eigenvalue weighted by Gasteiger charge is 2.36. The third-order valence-electron chi connectivity index (χ3n) is 6.39. The number of fused-ring (bicyclic) bond motifs is 3. The monoisotopic (exact) mass is 454 g/mol. The van der Waals surface area contributed by atoms with E-state index in [9.17, 15) is 13.6 Å². The van der Waals surface area contributed by atoms with E-state index in [2.05, 4.69) is 25.3 Å². The Labute approximate surface area is 185 Å². The van der Waals surface area contributed by atoms with Crippen LogP contribution < -0.4 is 5.73 Å². The summed E-state index contributed by atoms with van der Waals surface area (Å²) < 4.78 is 35.0. The molecule has 1 aromatic carbocycles. The summed E-state index contributed by atoms with van der Waals surface area (Å²) in [5, 5.41) is 12.6. The molecule has 4 aromatic rings. The lowest BCUT2D eigenvalue weighted by Crippen LogP contribution is -2.45. The fraction of sp³-hybridized carbons (Fsp3) is 0.429. The Balaban J connectivity index is 1.34. The number of halogens is 2. The van der Waals surface area contributed by atoms with Crippen LogP contribution in [0.15, 0.2) is 16.5 Å². The van der Waals surface area contributed by atoms with Crippen LogP contribution in [0.4, 0.5) is 14.7 Å². The molecule has 2 N–H and O–H groups in total. The molecular formula is C21H20F2N8O2. The summed E-state index contributed by atoms with van der Waals surface area (Å²) in [7, 11) is 0. The van der Waals surface area contributed by atoms with E-state index >= 15 is 0 Å². The molecule has 3 aromatic heterocycles. The molecule has 2 fully saturated rings. The number of amides is 1. The van der Waals surface area contributed by atoms with E-state index in [0.29, 0.717) is 24.7 Å². The Morgan fingerprint density at radius 3 is 2.70 bits per heavy atom. The first-order valence-electron chi connectivity index (χ1n) is 10.8. The topological polar surface area (TPSA) is 128 Å². The van der Waals surface area contributed by atoms with Crippen molar-refractivity contribution in [2.45, 2.75) is 50.5 Å². The van der Waals surface area contributed by atoms with Crippen LogP contribution in [0.3, 0.4) is 0 Å². The molecule has 0 radical (unpaired) electrons. The summed E-state index contributed by atoms with van der Waals surface area (Å²) in [6.07, 6.45) is 3.44. The molecule has 6 rings (SSSR count). The van der Waals surface area contributed by atoms with Crippen molar-refractivity contribution in [1.29, 1.82) is 0 Å². The molecule has 2 aliphatic rings. The van der Waals surface area contributed by atoms with Gasteiger partial charge in [0.05, 0.1) is 5.39 Å². The molecule has 1 aliphatic carbocycles. The fourth-order valence-electron chi connectivity index (χ4n) is 4.39. The smallest absolute Gasteiger partial charge is 0.311 e. The van der Waals surface area contributed by atoms with Crippen LogP contribution in [0.25, 0.3) is 16.6 Å². The quantitative estimate of drug-likeness (QED) is 0.500. The number of nitrogens with zero attached hydrogens (tertiary/aromatic N) is 7. The van der Waals surface area contributed by atoms with Gasteiger partial charge < -0.3 is 15.1 Å².